The van der Waals surface area contributed by atoms with E-state index in [1.165, 1.54) is 26.5 Å². The van der Waals surface area contributed by atoms with E-state index in [9.17, 15) is 14.4 Å². The molecule has 1 aromatic carbocycles. The summed E-state index contributed by atoms with van der Waals surface area (Å²) in [5, 5.41) is 2.74. The van der Waals surface area contributed by atoms with E-state index in [1.807, 2.05) is 12.1 Å². The molecule has 0 bridgehead atoms. The van der Waals surface area contributed by atoms with Crippen LogP contribution in [-0.2, 0) is 24.5 Å². The maximum Gasteiger partial charge on any atom is 0.326 e. The Labute approximate surface area is 164 Å². The maximum absolute atomic E-state index is 12.4. The predicted octanol–water partition coefficient (Wildman–Crippen LogP) is 3.06. The number of hydrogen-bond acceptors (Lipinski definition) is 6. The Hall–Kier alpha value is -3.22. The van der Waals surface area contributed by atoms with Crippen LogP contribution in [0.25, 0.3) is 0 Å². The number of hydrogen-bond donors (Lipinski definition) is 1. The van der Waals surface area contributed by atoms with Gasteiger partial charge in [-0.3, -0.25) is 19.4 Å². The minimum Gasteiger partial charge on any atom is -0.468 e. The number of nitrogens with zero attached hydrogens (tertiary/aromatic N) is 1. The Kier molecular flexibility index (Phi) is 6.51. The number of methoxy groups -OCH3 is 2. The van der Waals surface area contributed by atoms with Crippen LogP contribution in [0.3, 0.4) is 0 Å². The van der Waals surface area contributed by atoms with Gasteiger partial charge in [0.25, 0.3) is 5.91 Å². The molecular formula is C21H24N2O5. The van der Waals surface area contributed by atoms with Crippen molar-refractivity contribution < 1.29 is 23.9 Å². The summed E-state index contributed by atoms with van der Waals surface area (Å²) in [7, 11) is 2.36. The lowest BCUT2D eigenvalue weighted by Gasteiger charge is -2.19. The number of benzene rings is 1. The van der Waals surface area contributed by atoms with Crippen LogP contribution < -0.4 is 5.32 Å². The second-order valence-electron chi connectivity index (χ2n) is 7.23. The Balaban J connectivity index is 2.14. The summed E-state index contributed by atoms with van der Waals surface area (Å²) < 4.78 is 9.25. The van der Waals surface area contributed by atoms with Crippen LogP contribution in [-0.4, -0.2) is 37.0 Å². The summed E-state index contributed by atoms with van der Waals surface area (Å²) in [6, 6.07) is 10.4. The first kappa shape index (κ1) is 21.1. The van der Waals surface area contributed by atoms with Gasteiger partial charge in [0.1, 0.15) is 0 Å². The topological polar surface area (TPSA) is 94.6 Å². The van der Waals surface area contributed by atoms with E-state index in [-0.39, 0.29) is 17.0 Å². The van der Waals surface area contributed by atoms with Crippen LogP contribution in [0.2, 0.25) is 0 Å². The Bertz CT molecular complexity index is 836. The first-order valence-corrected chi connectivity index (χ1v) is 8.71. The molecule has 0 spiro atoms. The van der Waals surface area contributed by atoms with Gasteiger partial charge in [0.05, 0.1) is 31.8 Å². The lowest BCUT2D eigenvalue weighted by molar-refractivity contribution is -0.154. The molecule has 2 aromatic rings. The number of amides is 1. The molecule has 28 heavy (non-hydrogen) atoms. The third-order valence-electron chi connectivity index (χ3n) is 4.23. The largest absolute Gasteiger partial charge is 0.468 e. The fourth-order valence-electron chi connectivity index (χ4n) is 2.55. The van der Waals surface area contributed by atoms with Gasteiger partial charge in [-0.2, -0.15) is 0 Å². The van der Waals surface area contributed by atoms with Crippen LogP contribution in [0.5, 0.6) is 0 Å². The SMILES string of the molecule is COC(=O)C(C(=O)OC)c1ccc(NC(=O)c2ccc(C(C)(C)C)cc2)cn1. The Morgan fingerprint density at radius 3 is 1.93 bits per heavy atom. The van der Waals surface area contributed by atoms with Gasteiger partial charge < -0.3 is 14.8 Å². The fourth-order valence-corrected chi connectivity index (χ4v) is 2.55. The third kappa shape index (κ3) is 4.94. The fraction of sp³-hybridized carbons (Fsp3) is 0.333. The van der Waals surface area contributed by atoms with Crippen molar-refractivity contribution in [3.8, 4) is 0 Å². The summed E-state index contributed by atoms with van der Waals surface area (Å²) in [4.78, 5) is 40.2. The minimum absolute atomic E-state index is 0.00454. The number of ether oxygens (including phenoxy) is 2. The van der Waals surface area contributed by atoms with Crippen molar-refractivity contribution in [1.82, 2.24) is 4.98 Å². The maximum atomic E-state index is 12.4. The number of carbonyl (C=O) groups excluding carboxylic acids is 3. The number of nitrogens with one attached hydrogen (secondary N) is 1. The van der Waals surface area contributed by atoms with Gasteiger partial charge in [0.15, 0.2) is 5.92 Å². The minimum atomic E-state index is -1.27. The van der Waals surface area contributed by atoms with Crippen molar-refractivity contribution in [2.75, 3.05) is 19.5 Å². The molecular weight excluding hydrogens is 360 g/mol. The molecule has 1 aromatic heterocycles. The Morgan fingerprint density at radius 1 is 0.929 bits per heavy atom. The molecule has 0 unspecified atom stereocenters. The van der Waals surface area contributed by atoms with E-state index in [0.29, 0.717) is 11.3 Å². The van der Waals surface area contributed by atoms with Gasteiger partial charge in [-0.15, -0.1) is 0 Å². The highest BCUT2D eigenvalue weighted by Crippen LogP contribution is 2.23. The lowest BCUT2D eigenvalue weighted by atomic mass is 9.87. The summed E-state index contributed by atoms with van der Waals surface area (Å²) in [5.74, 6) is -3.10. The number of aromatic nitrogens is 1. The number of carbonyl (C=O) groups is 3. The molecule has 2 rings (SSSR count). The van der Waals surface area contributed by atoms with Crippen LogP contribution in [0.1, 0.15) is 48.3 Å². The zero-order chi connectivity index (χ0) is 20.9. The van der Waals surface area contributed by atoms with E-state index >= 15 is 0 Å². The summed E-state index contributed by atoms with van der Waals surface area (Å²) in [6.45, 7) is 6.31. The predicted molar refractivity (Wildman–Crippen MR) is 104 cm³/mol. The number of esters is 2. The number of rotatable bonds is 5. The van der Waals surface area contributed by atoms with Crippen molar-refractivity contribution in [3.63, 3.8) is 0 Å². The monoisotopic (exact) mass is 384 g/mol. The molecule has 0 fully saturated rings. The quantitative estimate of drug-likeness (QED) is 0.629. The first-order valence-electron chi connectivity index (χ1n) is 8.71. The summed E-state index contributed by atoms with van der Waals surface area (Å²) in [5.41, 5.74) is 2.25. The molecule has 1 amide bonds. The van der Waals surface area contributed by atoms with E-state index < -0.39 is 17.9 Å². The van der Waals surface area contributed by atoms with Gasteiger partial charge in [-0.05, 0) is 35.2 Å². The van der Waals surface area contributed by atoms with Crippen molar-refractivity contribution in [2.24, 2.45) is 0 Å². The lowest BCUT2D eigenvalue weighted by Crippen LogP contribution is -2.25. The molecule has 148 valence electrons. The smallest absolute Gasteiger partial charge is 0.326 e. The molecule has 0 aliphatic rings. The highest BCUT2D eigenvalue weighted by molar-refractivity contribution is 6.04. The highest BCUT2D eigenvalue weighted by atomic mass is 16.5. The van der Waals surface area contributed by atoms with Crippen molar-refractivity contribution in [2.45, 2.75) is 32.1 Å². The van der Waals surface area contributed by atoms with Gasteiger partial charge >= 0.3 is 11.9 Å². The van der Waals surface area contributed by atoms with Crippen molar-refractivity contribution in [1.29, 1.82) is 0 Å². The molecule has 0 aliphatic heterocycles. The molecule has 7 heteroatoms. The van der Waals surface area contributed by atoms with E-state index in [1.54, 1.807) is 18.2 Å². The van der Waals surface area contributed by atoms with E-state index in [4.69, 9.17) is 0 Å². The third-order valence-corrected chi connectivity index (χ3v) is 4.23. The highest BCUT2D eigenvalue weighted by Gasteiger charge is 2.31. The van der Waals surface area contributed by atoms with Gasteiger partial charge in [0.2, 0.25) is 0 Å². The second-order valence-corrected chi connectivity index (χ2v) is 7.23. The van der Waals surface area contributed by atoms with Crippen LogP contribution in [0.15, 0.2) is 42.6 Å². The van der Waals surface area contributed by atoms with Crippen molar-refractivity contribution >= 4 is 23.5 Å². The molecule has 0 saturated heterocycles. The van der Waals surface area contributed by atoms with Crippen molar-refractivity contribution in [3.05, 3.63) is 59.4 Å². The van der Waals surface area contributed by atoms with Gasteiger partial charge in [-0.25, -0.2) is 0 Å². The molecule has 0 aliphatic carbocycles. The second kappa shape index (κ2) is 8.65. The van der Waals surface area contributed by atoms with Gasteiger partial charge in [-0.1, -0.05) is 32.9 Å². The molecule has 7 nitrogen and oxygen atoms in total. The molecule has 1 heterocycles. The van der Waals surface area contributed by atoms with E-state index in [2.05, 4.69) is 40.5 Å². The average Bonchev–Trinajstić information content (AvgIpc) is 2.68. The zero-order valence-corrected chi connectivity index (χ0v) is 16.6. The molecule has 1 N–H and O–H groups in total. The normalized spacial score (nSPS) is 11.1. The van der Waals surface area contributed by atoms with E-state index in [0.717, 1.165) is 5.56 Å². The van der Waals surface area contributed by atoms with Crippen LogP contribution in [0.4, 0.5) is 5.69 Å². The Morgan fingerprint density at radius 2 is 1.50 bits per heavy atom. The summed E-state index contributed by atoms with van der Waals surface area (Å²) in [6.07, 6.45) is 1.37. The standard InChI is InChI=1S/C21H24N2O5/c1-21(2,3)14-8-6-13(7-9-14)18(24)23-15-10-11-16(22-12-15)17(19(25)27-4)20(26)28-5/h6-12,17H,1-5H3,(H,23,24). The number of anilines is 1. The average molecular weight is 384 g/mol. The zero-order valence-electron chi connectivity index (χ0n) is 16.6. The number of pyridine rings is 1. The van der Waals surface area contributed by atoms with Crippen LogP contribution >= 0.6 is 0 Å². The summed E-state index contributed by atoms with van der Waals surface area (Å²) >= 11 is 0. The molecule has 0 radical (unpaired) electrons. The molecule has 0 atom stereocenters. The van der Waals surface area contributed by atoms with Crippen LogP contribution in [0, 0.1) is 0 Å². The first-order chi connectivity index (χ1) is 13.2. The van der Waals surface area contributed by atoms with Gasteiger partial charge in [0, 0.05) is 5.56 Å². The molecule has 0 saturated carbocycles.